The summed E-state index contributed by atoms with van der Waals surface area (Å²) >= 11 is 0. The summed E-state index contributed by atoms with van der Waals surface area (Å²) in [6.07, 6.45) is 0. The van der Waals surface area contributed by atoms with E-state index in [0.29, 0.717) is 142 Å². The van der Waals surface area contributed by atoms with Gasteiger partial charge in [-0.3, -0.25) is 0 Å². The zero-order valence-corrected chi connectivity index (χ0v) is 33.2. The van der Waals surface area contributed by atoms with Crippen LogP contribution >= 0.6 is 0 Å². The molecule has 0 aliphatic rings. The van der Waals surface area contributed by atoms with E-state index >= 15 is 0 Å². The van der Waals surface area contributed by atoms with Crippen LogP contribution < -0.4 is 25.7 Å². The predicted octanol–water partition coefficient (Wildman–Crippen LogP) is 0.928. The SMILES string of the molecule is COCCOCCOCCOCCOc1cc(-c2nc(N)nc(N)n2)cc(OCCOCCOCCOCCOC)c1OCCOCCOCCOCCOC. The summed E-state index contributed by atoms with van der Waals surface area (Å²) in [5.74, 6) is 1.19. The third kappa shape index (κ3) is 25.1. The van der Waals surface area contributed by atoms with E-state index in [1.165, 1.54) is 0 Å². The Bertz CT molecular complexity index is 1150. The molecule has 20 nitrogen and oxygen atoms in total. The van der Waals surface area contributed by atoms with Crippen molar-refractivity contribution in [1.82, 2.24) is 15.0 Å². The number of anilines is 2. The van der Waals surface area contributed by atoms with Crippen LogP contribution in [0.2, 0.25) is 0 Å². The first-order valence-electron chi connectivity index (χ1n) is 18.6. The van der Waals surface area contributed by atoms with E-state index in [2.05, 4.69) is 15.0 Å². The highest BCUT2D eigenvalue weighted by molar-refractivity contribution is 5.67. The molecule has 0 amide bonds. The van der Waals surface area contributed by atoms with Gasteiger partial charge in [0.1, 0.15) is 19.8 Å². The van der Waals surface area contributed by atoms with Crippen molar-refractivity contribution in [3.05, 3.63) is 12.1 Å². The van der Waals surface area contributed by atoms with Crippen LogP contribution in [0.3, 0.4) is 0 Å². The highest BCUT2D eigenvalue weighted by Gasteiger charge is 2.19. The van der Waals surface area contributed by atoms with Gasteiger partial charge < -0.3 is 82.5 Å². The van der Waals surface area contributed by atoms with Crippen LogP contribution in [-0.2, 0) is 56.8 Å². The number of ether oxygens (including phenoxy) is 15. The van der Waals surface area contributed by atoms with Crippen LogP contribution in [0.5, 0.6) is 17.2 Å². The monoisotopic (exact) mass is 805 g/mol. The molecule has 0 spiro atoms. The van der Waals surface area contributed by atoms with Crippen LogP contribution in [0.25, 0.3) is 11.4 Å². The van der Waals surface area contributed by atoms with E-state index in [4.69, 9.17) is 82.5 Å². The Hall–Kier alpha value is -3.25. The lowest BCUT2D eigenvalue weighted by molar-refractivity contribution is -0.00159. The number of nitrogens with two attached hydrogens (primary N) is 2. The summed E-state index contributed by atoms with van der Waals surface area (Å²) in [6, 6.07) is 3.42. The molecule has 0 bridgehead atoms. The second-order valence-electron chi connectivity index (χ2n) is 11.2. The molecule has 0 aliphatic heterocycles. The fraction of sp³-hybridized carbons (Fsp3) is 0.750. The minimum atomic E-state index is -0.0353. The minimum absolute atomic E-state index is 0.0353. The fourth-order valence-corrected chi connectivity index (χ4v) is 4.28. The van der Waals surface area contributed by atoms with E-state index in [1.807, 2.05) is 0 Å². The molecule has 0 saturated carbocycles. The number of hydrogen-bond donors (Lipinski definition) is 2. The van der Waals surface area contributed by atoms with Crippen molar-refractivity contribution in [2.75, 3.05) is 191 Å². The number of nitrogen functional groups attached to an aromatic ring is 2. The smallest absolute Gasteiger partial charge is 0.225 e. The Morgan fingerprint density at radius 2 is 0.625 bits per heavy atom. The molecular weight excluding hydrogens is 742 g/mol. The van der Waals surface area contributed by atoms with Gasteiger partial charge in [0.2, 0.25) is 17.6 Å². The molecule has 1 heterocycles. The van der Waals surface area contributed by atoms with Crippen molar-refractivity contribution in [3.8, 4) is 28.6 Å². The minimum Gasteiger partial charge on any atom is -0.487 e. The summed E-state index contributed by atoms with van der Waals surface area (Å²) in [6.45, 7) is 9.69. The zero-order chi connectivity index (χ0) is 40.2. The van der Waals surface area contributed by atoms with Gasteiger partial charge in [0.15, 0.2) is 17.3 Å². The average molecular weight is 806 g/mol. The van der Waals surface area contributed by atoms with Crippen LogP contribution in [-0.4, -0.2) is 195 Å². The normalized spacial score (nSPS) is 11.3. The van der Waals surface area contributed by atoms with Gasteiger partial charge in [-0.05, 0) is 12.1 Å². The molecule has 0 saturated heterocycles. The molecule has 0 fully saturated rings. The maximum Gasteiger partial charge on any atom is 0.225 e. The Labute approximate surface area is 329 Å². The first kappa shape index (κ1) is 48.9. The predicted molar refractivity (Wildman–Crippen MR) is 204 cm³/mol. The second kappa shape index (κ2) is 35.0. The number of aromatic nitrogens is 3. The Balaban J connectivity index is 2.00. The number of nitrogens with zero attached hydrogens (tertiary/aromatic N) is 3. The summed E-state index contributed by atoms with van der Waals surface area (Å²) < 4.78 is 83.3. The Kier molecular flexibility index (Phi) is 30.5. The van der Waals surface area contributed by atoms with E-state index < -0.39 is 0 Å². The fourth-order valence-electron chi connectivity index (χ4n) is 4.28. The van der Waals surface area contributed by atoms with Crippen molar-refractivity contribution < 1.29 is 71.1 Å². The molecule has 4 N–H and O–H groups in total. The summed E-state index contributed by atoms with van der Waals surface area (Å²) in [7, 11) is 4.88. The van der Waals surface area contributed by atoms with E-state index in [0.717, 1.165) is 0 Å². The number of benzene rings is 1. The van der Waals surface area contributed by atoms with Gasteiger partial charge in [-0.1, -0.05) is 0 Å². The van der Waals surface area contributed by atoms with E-state index in [-0.39, 0.29) is 57.4 Å². The second-order valence-corrected chi connectivity index (χ2v) is 11.2. The van der Waals surface area contributed by atoms with E-state index in [9.17, 15) is 0 Å². The van der Waals surface area contributed by atoms with Gasteiger partial charge in [-0.2, -0.15) is 15.0 Å². The van der Waals surface area contributed by atoms with Gasteiger partial charge >= 0.3 is 0 Å². The largest absolute Gasteiger partial charge is 0.487 e. The number of hydrogen-bond acceptors (Lipinski definition) is 20. The van der Waals surface area contributed by atoms with Gasteiger partial charge in [-0.25, -0.2) is 0 Å². The summed E-state index contributed by atoms with van der Waals surface area (Å²) in [5.41, 5.74) is 12.3. The number of methoxy groups -OCH3 is 3. The van der Waals surface area contributed by atoms with E-state index in [1.54, 1.807) is 33.5 Å². The van der Waals surface area contributed by atoms with Crippen LogP contribution in [0.4, 0.5) is 11.9 Å². The number of rotatable bonds is 40. The molecule has 0 atom stereocenters. The third-order valence-corrected chi connectivity index (χ3v) is 6.92. The molecule has 2 aromatic rings. The molecule has 1 aromatic carbocycles. The quantitative estimate of drug-likeness (QED) is 0.0893. The lowest BCUT2D eigenvalue weighted by Gasteiger charge is -2.19. The molecule has 1 aromatic heterocycles. The first-order valence-corrected chi connectivity index (χ1v) is 18.6. The first-order chi connectivity index (χ1) is 27.6. The van der Waals surface area contributed by atoms with Gasteiger partial charge in [-0.15, -0.1) is 0 Å². The Morgan fingerprint density at radius 3 is 0.929 bits per heavy atom. The van der Waals surface area contributed by atoms with Crippen molar-refractivity contribution in [3.63, 3.8) is 0 Å². The molecular formula is C36H63N5O15. The average Bonchev–Trinajstić information content (AvgIpc) is 3.19. The van der Waals surface area contributed by atoms with Gasteiger partial charge in [0.05, 0.1) is 139 Å². The maximum absolute atomic E-state index is 6.19. The molecule has 2 rings (SSSR count). The molecule has 0 aliphatic carbocycles. The van der Waals surface area contributed by atoms with Crippen LogP contribution in [0.15, 0.2) is 12.1 Å². The standard InChI is InChI=1S/C36H63N5O15/c1-42-4-7-45-10-13-48-16-19-51-22-25-54-31-28-30(34-39-35(37)41-36(38)40-34)29-32(55-26-23-52-20-17-49-14-11-46-8-5-43-2)33(31)56-27-24-53-21-18-50-15-12-47-9-6-44-3/h28-29H,4-27H2,1-3H3,(H4,37,38,39,40,41). The summed E-state index contributed by atoms with van der Waals surface area (Å²) in [5, 5.41) is 0. The molecule has 0 unspecified atom stereocenters. The van der Waals surface area contributed by atoms with Crippen molar-refractivity contribution in [2.24, 2.45) is 0 Å². The maximum atomic E-state index is 6.19. The van der Waals surface area contributed by atoms with Crippen molar-refractivity contribution in [2.45, 2.75) is 0 Å². The van der Waals surface area contributed by atoms with Gasteiger partial charge in [0.25, 0.3) is 0 Å². The molecule has 56 heavy (non-hydrogen) atoms. The highest BCUT2D eigenvalue weighted by atomic mass is 16.6. The summed E-state index contributed by atoms with van der Waals surface area (Å²) in [4.78, 5) is 12.4. The molecule has 20 heteroatoms. The zero-order valence-electron chi connectivity index (χ0n) is 33.2. The lowest BCUT2D eigenvalue weighted by Crippen LogP contribution is -2.16. The van der Waals surface area contributed by atoms with Crippen LogP contribution in [0, 0.1) is 0 Å². The van der Waals surface area contributed by atoms with Crippen molar-refractivity contribution in [1.29, 1.82) is 0 Å². The topological polar surface area (TPSA) is 229 Å². The lowest BCUT2D eigenvalue weighted by atomic mass is 10.1. The van der Waals surface area contributed by atoms with Crippen molar-refractivity contribution >= 4 is 11.9 Å². The third-order valence-electron chi connectivity index (χ3n) is 6.92. The van der Waals surface area contributed by atoms with Crippen LogP contribution in [0.1, 0.15) is 0 Å². The Morgan fingerprint density at radius 1 is 0.357 bits per heavy atom. The highest BCUT2D eigenvalue weighted by Crippen LogP contribution is 2.41. The molecule has 0 radical (unpaired) electrons. The molecule has 322 valence electrons. The van der Waals surface area contributed by atoms with Gasteiger partial charge in [0, 0.05) is 26.9 Å².